The molecule has 2 aliphatic heterocycles. The van der Waals surface area contributed by atoms with Crippen molar-refractivity contribution in [3.63, 3.8) is 0 Å². The number of carbonyl (C=O) groups is 1. The highest BCUT2D eigenvalue weighted by Crippen LogP contribution is 2.20. The quantitative estimate of drug-likeness (QED) is 0.816. The first kappa shape index (κ1) is 19.9. The summed E-state index contributed by atoms with van der Waals surface area (Å²) in [5, 5.41) is 3.12. The highest BCUT2D eigenvalue weighted by Gasteiger charge is 2.20. The minimum atomic E-state index is -0.00689. The summed E-state index contributed by atoms with van der Waals surface area (Å²) in [5.41, 5.74) is 3.35. The van der Waals surface area contributed by atoms with Crippen molar-refractivity contribution in [3.05, 3.63) is 59.3 Å². The molecule has 0 saturated carbocycles. The lowest BCUT2D eigenvalue weighted by Gasteiger charge is -2.32. The zero-order valence-corrected chi connectivity index (χ0v) is 17.4. The van der Waals surface area contributed by atoms with Crippen molar-refractivity contribution < 1.29 is 4.79 Å². The van der Waals surface area contributed by atoms with Gasteiger partial charge in [-0.25, -0.2) is 4.98 Å². The number of pyridine rings is 1. The fourth-order valence-corrected chi connectivity index (χ4v) is 4.29. The Morgan fingerprint density at radius 3 is 2.41 bits per heavy atom. The molecule has 5 nitrogen and oxygen atoms in total. The maximum absolute atomic E-state index is 12.5. The number of benzene rings is 1. The Balaban J connectivity index is 1.19. The molecule has 2 saturated heterocycles. The second-order valence-electron chi connectivity index (χ2n) is 8.51. The second-order valence-corrected chi connectivity index (χ2v) is 8.51. The normalized spacial score (nSPS) is 18.2. The zero-order chi connectivity index (χ0) is 20.1. The van der Waals surface area contributed by atoms with Crippen LogP contribution in [0.4, 0.5) is 5.82 Å². The third kappa shape index (κ3) is 5.36. The van der Waals surface area contributed by atoms with Crippen molar-refractivity contribution in [1.29, 1.82) is 0 Å². The molecule has 2 aromatic rings. The van der Waals surface area contributed by atoms with Gasteiger partial charge in [0.05, 0.1) is 5.56 Å². The van der Waals surface area contributed by atoms with E-state index in [1.54, 1.807) is 6.20 Å². The number of hydrogen-bond acceptors (Lipinski definition) is 4. The number of nitrogens with one attached hydrogen (secondary N) is 1. The molecule has 5 heteroatoms. The maximum atomic E-state index is 12.5. The summed E-state index contributed by atoms with van der Waals surface area (Å²) < 4.78 is 0. The van der Waals surface area contributed by atoms with Crippen molar-refractivity contribution in [3.8, 4) is 0 Å². The molecule has 0 radical (unpaired) electrons. The summed E-state index contributed by atoms with van der Waals surface area (Å²) >= 11 is 0. The van der Waals surface area contributed by atoms with Gasteiger partial charge in [-0.2, -0.15) is 0 Å². The average Bonchev–Trinajstić information content (AvgIpc) is 3.30. The fraction of sp³-hybridized carbons (Fsp3) is 0.500. The predicted molar refractivity (Wildman–Crippen MR) is 117 cm³/mol. The van der Waals surface area contributed by atoms with E-state index in [0.717, 1.165) is 57.9 Å². The number of hydrogen-bond donors (Lipinski definition) is 1. The molecule has 3 heterocycles. The van der Waals surface area contributed by atoms with Crippen LogP contribution in [-0.4, -0.2) is 48.5 Å². The number of carbonyl (C=O) groups excluding carboxylic acids is 1. The summed E-state index contributed by atoms with van der Waals surface area (Å²) in [7, 11) is 0. The van der Waals surface area contributed by atoms with E-state index in [4.69, 9.17) is 0 Å². The molecule has 1 aromatic carbocycles. The number of aromatic nitrogens is 1. The number of amides is 1. The SMILES string of the molecule is Cc1ccc(CN2CCC(CNC(=O)c3ccc(N4CCCC4)nc3)CC2)cc1. The van der Waals surface area contributed by atoms with Crippen LogP contribution in [-0.2, 0) is 6.54 Å². The molecular formula is C24H32N4O. The lowest BCUT2D eigenvalue weighted by atomic mass is 9.96. The van der Waals surface area contributed by atoms with Gasteiger partial charge in [0.15, 0.2) is 0 Å². The molecule has 1 amide bonds. The number of rotatable bonds is 6. The van der Waals surface area contributed by atoms with Gasteiger partial charge in [0.25, 0.3) is 5.91 Å². The topological polar surface area (TPSA) is 48.5 Å². The van der Waals surface area contributed by atoms with Gasteiger partial charge in [0.2, 0.25) is 0 Å². The average molecular weight is 393 g/mol. The molecule has 0 bridgehead atoms. The Bertz CT molecular complexity index is 789. The van der Waals surface area contributed by atoms with Gasteiger partial charge in [-0.3, -0.25) is 9.69 Å². The van der Waals surface area contributed by atoms with Crippen LogP contribution in [0.5, 0.6) is 0 Å². The van der Waals surface area contributed by atoms with E-state index in [-0.39, 0.29) is 5.91 Å². The predicted octanol–water partition coefficient (Wildman–Crippen LogP) is 3.63. The van der Waals surface area contributed by atoms with E-state index in [2.05, 4.69) is 51.3 Å². The lowest BCUT2D eigenvalue weighted by Crippen LogP contribution is -2.38. The molecule has 2 aliphatic rings. The zero-order valence-electron chi connectivity index (χ0n) is 17.4. The smallest absolute Gasteiger partial charge is 0.252 e. The van der Waals surface area contributed by atoms with Crippen LogP contribution in [0.3, 0.4) is 0 Å². The van der Waals surface area contributed by atoms with E-state index in [0.29, 0.717) is 11.5 Å². The summed E-state index contributed by atoms with van der Waals surface area (Å²) in [4.78, 5) is 21.8. The fourth-order valence-electron chi connectivity index (χ4n) is 4.29. The van der Waals surface area contributed by atoms with Crippen molar-refractivity contribution in [1.82, 2.24) is 15.2 Å². The Morgan fingerprint density at radius 2 is 1.76 bits per heavy atom. The van der Waals surface area contributed by atoms with Crippen LogP contribution < -0.4 is 10.2 Å². The van der Waals surface area contributed by atoms with E-state index < -0.39 is 0 Å². The first-order valence-corrected chi connectivity index (χ1v) is 10.9. The summed E-state index contributed by atoms with van der Waals surface area (Å²) in [6, 6.07) is 12.7. The van der Waals surface area contributed by atoms with Crippen LogP contribution in [0, 0.1) is 12.8 Å². The van der Waals surface area contributed by atoms with Crippen molar-refractivity contribution in [2.75, 3.05) is 37.6 Å². The molecule has 1 N–H and O–H groups in total. The number of likely N-dealkylation sites (tertiary alicyclic amines) is 1. The molecule has 0 unspecified atom stereocenters. The largest absolute Gasteiger partial charge is 0.357 e. The molecular weight excluding hydrogens is 360 g/mol. The molecule has 4 rings (SSSR count). The number of anilines is 1. The van der Waals surface area contributed by atoms with Gasteiger partial charge in [-0.05, 0) is 69.3 Å². The Morgan fingerprint density at radius 1 is 1.03 bits per heavy atom. The van der Waals surface area contributed by atoms with Crippen molar-refractivity contribution >= 4 is 11.7 Å². The molecule has 0 atom stereocenters. The van der Waals surface area contributed by atoms with E-state index in [9.17, 15) is 4.79 Å². The highest BCUT2D eigenvalue weighted by molar-refractivity contribution is 5.94. The lowest BCUT2D eigenvalue weighted by molar-refractivity contribution is 0.0935. The number of piperidine rings is 1. The molecule has 0 spiro atoms. The minimum Gasteiger partial charge on any atom is -0.357 e. The van der Waals surface area contributed by atoms with Gasteiger partial charge in [-0.1, -0.05) is 29.8 Å². The van der Waals surface area contributed by atoms with Crippen LogP contribution in [0.15, 0.2) is 42.6 Å². The second kappa shape index (κ2) is 9.40. The summed E-state index contributed by atoms with van der Waals surface area (Å²) in [6.45, 7) is 8.24. The van der Waals surface area contributed by atoms with Crippen LogP contribution in [0.25, 0.3) is 0 Å². The van der Waals surface area contributed by atoms with Gasteiger partial charge < -0.3 is 10.2 Å². The first-order valence-electron chi connectivity index (χ1n) is 10.9. The van der Waals surface area contributed by atoms with E-state index >= 15 is 0 Å². The summed E-state index contributed by atoms with van der Waals surface area (Å²) in [5.74, 6) is 1.54. The Labute approximate surface area is 174 Å². The van der Waals surface area contributed by atoms with Gasteiger partial charge in [-0.15, -0.1) is 0 Å². The molecule has 2 fully saturated rings. The van der Waals surface area contributed by atoms with Crippen LogP contribution in [0.1, 0.15) is 47.2 Å². The number of nitrogens with zero attached hydrogens (tertiary/aromatic N) is 3. The van der Waals surface area contributed by atoms with Gasteiger partial charge >= 0.3 is 0 Å². The third-order valence-electron chi connectivity index (χ3n) is 6.23. The minimum absolute atomic E-state index is 0.00689. The van der Waals surface area contributed by atoms with Crippen molar-refractivity contribution in [2.45, 2.75) is 39.2 Å². The van der Waals surface area contributed by atoms with Crippen LogP contribution in [0.2, 0.25) is 0 Å². The Kier molecular flexibility index (Phi) is 6.45. The molecule has 29 heavy (non-hydrogen) atoms. The maximum Gasteiger partial charge on any atom is 0.252 e. The standard InChI is InChI=1S/C24H32N4O/c1-19-4-6-21(7-5-19)18-27-14-10-20(11-15-27)16-26-24(29)22-8-9-23(25-17-22)28-12-2-3-13-28/h4-9,17,20H,2-3,10-16,18H2,1H3,(H,26,29). The molecule has 0 aliphatic carbocycles. The van der Waals surface area contributed by atoms with Crippen LogP contribution >= 0.6 is 0 Å². The van der Waals surface area contributed by atoms with Crippen molar-refractivity contribution in [2.24, 2.45) is 5.92 Å². The third-order valence-corrected chi connectivity index (χ3v) is 6.23. The Hall–Kier alpha value is -2.40. The van der Waals surface area contributed by atoms with E-state index in [1.165, 1.54) is 24.0 Å². The molecule has 154 valence electrons. The monoisotopic (exact) mass is 392 g/mol. The number of aryl methyl sites for hydroxylation is 1. The highest BCUT2D eigenvalue weighted by atomic mass is 16.1. The van der Waals surface area contributed by atoms with E-state index in [1.807, 2.05) is 12.1 Å². The van der Waals surface area contributed by atoms with Gasteiger partial charge in [0, 0.05) is 32.4 Å². The van der Waals surface area contributed by atoms with Gasteiger partial charge in [0.1, 0.15) is 5.82 Å². The summed E-state index contributed by atoms with van der Waals surface area (Å²) in [6.07, 6.45) is 6.45. The first-order chi connectivity index (χ1) is 14.2. The molecule has 1 aromatic heterocycles.